The molecule has 2 nitrogen and oxygen atoms in total. The molecule has 0 aliphatic carbocycles. The van der Waals surface area contributed by atoms with Crippen LogP contribution in [0.3, 0.4) is 0 Å². The largest absolute Gasteiger partial charge is 1.00 e. The van der Waals surface area contributed by atoms with Gasteiger partial charge < -0.3 is 45.4 Å². The Morgan fingerprint density at radius 3 is 1.05 bits per heavy atom. The molecule has 0 heterocycles. The lowest BCUT2D eigenvalue weighted by atomic mass is 10.0. The van der Waals surface area contributed by atoms with Crippen LogP contribution in [0, 0.1) is 0 Å². The first-order valence-corrected chi connectivity index (χ1v) is 9.43. The Balaban J connectivity index is -0.00000180. The van der Waals surface area contributed by atoms with Crippen molar-refractivity contribution in [2.45, 2.75) is 116 Å². The molecule has 0 fully saturated rings. The Bertz CT molecular complexity index is 178. The van der Waals surface area contributed by atoms with Gasteiger partial charge in [-0.05, 0) is 6.42 Å². The molecule has 22 heavy (non-hydrogen) atoms. The van der Waals surface area contributed by atoms with Crippen molar-refractivity contribution in [2.24, 2.45) is 0 Å². The molecule has 0 aromatic heterocycles. The summed E-state index contributed by atoms with van der Waals surface area (Å²) >= 11 is 0. The SMILES string of the molecule is CCCCCCCCCCCCCCCCCC([NH3+])[NH3+].[Br-].[Br-]. The predicted molar refractivity (Wildman–Crippen MR) is 89.1 cm³/mol. The number of halogens is 2. The van der Waals surface area contributed by atoms with Gasteiger partial charge in [0.15, 0.2) is 0 Å². The van der Waals surface area contributed by atoms with Gasteiger partial charge in [0.25, 0.3) is 0 Å². The Morgan fingerprint density at radius 1 is 0.500 bits per heavy atom. The highest BCUT2D eigenvalue weighted by atomic mass is 79.9. The van der Waals surface area contributed by atoms with Gasteiger partial charge in [0.2, 0.25) is 6.17 Å². The van der Waals surface area contributed by atoms with Crippen LogP contribution in [0.15, 0.2) is 0 Å². The van der Waals surface area contributed by atoms with Crippen LogP contribution in [0.25, 0.3) is 0 Å². The zero-order chi connectivity index (χ0) is 14.9. The maximum atomic E-state index is 3.93. The lowest BCUT2D eigenvalue weighted by Crippen LogP contribution is -3.00. The third kappa shape index (κ3) is 25.8. The van der Waals surface area contributed by atoms with Crippen molar-refractivity contribution in [3.05, 3.63) is 0 Å². The molecule has 0 saturated carbocycles. The van der Waals surface area contributed by atoms with Gasteiger partial charge >= 0.3 is 0 Å². The molecule has 6 N–H and O–H groups in total. The quantitative estimate of drug-likeness (QED) is 0.205. The molecule has 0 aliphatic heterocycles. The van der Waals surface area contributed by atoms with Crippen molar-refractivity contribution in [2.75, 3.05) is 0 Å². The minimum Gasteiger partial charge on any atom is -1.00 e. The van der Waals surface area contributed by atoms with Crippen LogP contribution < -0.4 is 45.4 Å². The topological polar surface area (TPSA) is 55.3 Å². The third-order valence-corrected chi connectivity index (χ3v) is 4.22. The summed E-state index contributed by atoms with van der Waals surface area (Å²) in [7, 11) is 0. The molecule has 0 aromatic rings. The van der Waals surface area contributed by atoms with E-state index >= 15 is 0 Å². The highest BCUT2D eigenvalue weighted by Crippen LogP contribution is 2.13. The Kier molecular flexibility index (Phi) is 30.4. The Labute approximate surface area is 161 Å². The average molecular weight is 446 g/mol. The van der Waals surface area contributed by atoms with Crippen LogP contribution in [0.1, 0.15) is 110 Å². The molecule has 4 heteroatoms. The molecule has 0 spiro atoms. The second kappa shape index (κ2) is 24.1. The molecule has 0 bridgehead atoms. The van der Waals surface area contributed by atoms with Crippen molar-refractivity contribution >= 4 is 0 Å². The summed E-state index contributed by atoms with van der Waals surface area (Å²) in [6.45, 7) is 2.29. The van der Waals surface area contributed by atoms with Crippen molar-refractivity contribution in [1.29, 1.82) is 0 Å². The summed E-state index contributed by atoms with van der Waals surface area (Å²) in [4.78, 5) is 0. The molecule has 0 aromatic carbocycles. The summed E-state index contributed by atoms with van der Waals surface area (Å²) in [5.41, 5.74) is 7.86. The van der Waals surface area contributed by atoms with Gasteiger partial charge in [0, 0.05) is 0 Å². The van der Waals surface area contributed by atoms with Crippen LogP contribution in [-0.2, 0) is 0 Å². The summed E-state index contributed by atoms with van der Waals surface area (Å²) in [5.74, 6) is 0. The summed E-state index contributed by atoms with van der Waals surface area (Å²) in [6, 6.07) is 0. The second-order valence-electron chi connectivity index (χ2n) is 6.60. The van der Waals surface area contributed by atoms with Gasteiger partial charge in [-0.1, -0.05) is 96.8 Å². The van der Waals surface area contributed by atoms with Crippen LogP contribution in [0.4, 0.5) is 0 Å². The number of quaternary nitrogens is 2. The minimum absolute atomic E-state index is 0. The molecule has 0 saturated heterocycles. The lowest BCUT2D eigenvalue weighted by molar-refractivity contribution is -0.658. The number of hydrogen-bond acceptors (Lipinski definition) is 0. The molecule has 0 radical (unpaired) electrons. The fourth-order valence-corrected chi connectivity index (χ4v) is 2.80. The van der Waals surface area contributed by atoms with Crippen molar-refractivity contribution in [3.63, 3.8) is 0 Å². The van der Waals surface area contributed by atoms with Crippen molar-refractivity contribution < 1.29 is 45.4 Å². The van der Waals surface area contributed by atoms with Crippen LogP contribution in [0.5, 0.6) is 0 Å². The molecular formula is C18H42Br2N2. The van der Waals surface area contributed by atoms with E-state index in [2.05, 4.69) is 18.4 Å². The van der Waals surface area contributed by atoms with Crippen LogP contribution in [-0.4, -0.2) is 6.17 Å². The standard InChI is InChI=1S/C18H40N2.2BrH/c1-2-3-4-5-6-7-8-9-10-11-12-13-14-15-16-17-18(19)20;;/h18H,2-17,19-20H2,1H3;2*1H. The summed E-state index contributed by atoms with van der Waals surface area (Å²) < 4.78 is 0. The fraction of sp³-hybridized carbons (Fsp3) is 1.00. The molecule has 0 atom stereocenters. The van der Waals surface area contributed by atoms with Gasteiger partial charge in [-0.3, -0.25) is 0 Å². The fourth-order valence-electron chi connectivity index (χ4n) is 2.80. The van der Waals surface area contributed by atoms with Gasteiger partial charge in [0.1, 0.15) is 0 Å². The van der Waals surface area contributed by atoms with Crippen molar-refractivity contribution in [1.82, 2.24) is 0 Å². The van der Waals surface area contributed by atoms with Gasteiger partial charge in [-0.25, -0.2) is 0 Å². The van der Waals surface area contributed by atoms with Crippen LogP contribution >= 0.6 is 0 Å². The highest BCUT2D eigenvalue weighted by molar-refractivity contribution is 4.49. The van der Waals surface area contributed by atoms with E-state index in [4.69, 9.17) is 0 Å². The van der Waals surface area contributed by atoms with Gasteiger partial charge in [-0.2, -0.15) is 0 Å². The third-order valence-electron chi connectivity index (χ3n) is 4.22. The number of unbranched alkanes of at least 4 members (excludes halogenated alkanes) is 14. The van der Waals surface area contributed by atoms with E-state index in [-0.39, 0.29) is 34.0 Å². The van der Waals surface area contributed by atoms with E-state index in [1.807, 2.05) is 0 Å². The normalized spacial score (nSPS) is 10.4. The maximum absolute atomic E-state index is 3.93. The molecular weight excluding hydrogens is 404 g/mol. The lowest BCUT2D eigenvalue weighted by Gasteiger charge is -2.03. The van der Waals surface area contributed by atoms with E-state index < -0.39 is 0 Å². The van der Waals surface area contributed by atoms with E-state index in [0.717, 1.165) is 0 Å². The summed E-state index contributed by atoms with van der Waals surface area (Å²) in [6.07, 6.45) is 23.2. The molecule has 138 valence electrons. The number of hydrogen-bond donors (Lipinski definition) is 2. The minimum atomic E-state index is 0. The van der Waals surface area contributed by atoms with E-state index in [9.17, 15) is 0 Å². The molecule has 0 amide bonds. The average Bonchev–Trinajstić information content (AvgIpc) is 2.43. The van der Waals surface area contributed by atoms with E-state index in [1.54, 1.807) is 0 Å². The smallest absolute Gasteiger partial charge is 0.207 e. The Hall–Kier alpha value is 0.880. The van der Waals surface area contributed by atoms with Crippen molar-refractivity contribution in [3.8, 4) is 0 Å². The predicted octanol–water partition coefficient (Wildman–Crippen LogP) is -1.93. The van der Waals surface area contributed by atoms with Gasteiger partial charge in [-0.15, -0.1) is 0 Å². The summed E-state index contributed by atoms with van der Waals surface area (Å²) in [5, 5.41) is 0. The van der Waals surface area contributed by atoms with E-state index in [1.165, 1.54) is 103 Å². The first-order chi connectivity index (χ1) is 9.77. The maximum Gasteiger partial charge on any atom is 0.207 e. The molecule has 0 rings (SSSR count). The van der Waals surface area contributed by atoms with E-state index in [0.29, 0.717) is 6.17 Å². The first-order valence-electron chi connectivity index (χ1n) is 9.43. The van der Waals surface area contributed by atoms with Crippen LogP contribution in [0.2, 0.25) is 0 Å². The highest BCUT2D eigenvalue weighted by Gasteiger charge is 1.99. The zero-order valence-electron chi connectivity index (χ0n) is 15.1. The molecule has 0 unspecified atom stereocenters. The zero-order valence-corrected chi connectivity index (χ0v) is 18.2. The van der Waals surface area contributed by atoms with Gasteiger partial charge in [0.05, 0.1) is 6.42 Å². The Morgan fingerprint density at radius 2 is 0.773 bits per heavy atom. The first kappa shape index (κ1) is 27.7. The number of rotatable bonds is 16. The monoisotopic (exact) mass is 444 g/mol. The second-order valence-corrected chi connectivity index (χ2v) is 6.60. The molecule has 0 aliphatic rings.